The highest BCUT2D eigenvalue weighted by Crippen LogP contribution is 2.21. The molecule has 5 rings (SSSR count). The summed E-state index contributed by atoms with van der Waals surface area (Å²) in [7, 11) is 0. The quantitative estimate of drug-likeness (QED) is 0.578. The third-order valence-corrected chi connectivity index (χ3v) is 5.06. The van der Waals surface area contributed by atoms with Gasteiger partial charge in [0.2, 0.25) is 0 Å². The van der Waals surface area contributed by atoms with E-state index in [0.717, 1.165) is 22.1 Å². The van der Waals surface area contributed by atoms with Gasteiger partial charge in [-0.2, -0.15) is 0 Å². The second kappa shape index (κ2) is 7.26. The molecular weight excluding hydrogens is 357 g/mol. The summed E-state index contributed by atoms with van der Waals surface area (Å²) in [6, 6.07) is 15.8. The van der Waals surface area contributed by atoms with Crippen LogP contribution in [0.4, 0.5) is 4.39 Å². The lowest BCUT2D eigenvalue weighted by Crippen LogP contribution is -2.24. The zero-order valence-corrected chi connectivity index (χ0v) is 15.3. The lowest BCUT2D eigenvalue weighted by Gasteiger charge is -2.15. The van der Waals surface area contributed by atoms with Crippen LogP contribution in [-0.2, 0) is 17.9 Å². The normalized spacial score (nSPS) is 20.3. The van der Waals surface area contributed by atoms with Crippen molar-refractivity contribution in [1.82, 2.24) is 24.8 Å². The van der Waals surface area contributed by atoms with Gasteiger partial charge in [0.05, 0.1) is 16.7 Å². The minimum atomic E-state index is -1.03. The van der Waals surface area contributed by atoms with E-state index < -0.39 is 12.3 Å². The number of hydrogen-bond acceptors (Lipinski definition) is 5. The Morgan fingerprint density at radius 2 is 2.00 bits per heavy atom. The molecule has 0 radical (unpaired) electrons. The molecule has 4 heterocycles. The van der Waals surface area contributed by atoms with Gasteiger partial charge in [-0.1, -0.05) is 24.3 Å². The molecule has 1 aliphatic heterocycles. The van der Waals surface area contributed by atoms with Gasteiger partial charge in [0, 0.05) is 31.2 Å². The van der Waals surface area contributed by atoms with E-state index in [-0.39, 0.29) is 6.61 Å². The molecule has 142 valence electrons. The maximum absolute atomic E-state index is 14.5. The Hall–Kier alpha value is -2.90. The van der Waals surface area contributed by atoms with Crippen molar-refractivity contribution >= 4 is 22.1 Å². The summed E-state index contributed by atoms with van der Waals surface area (Å²) in [6.07, 6.45) is 0.200. The SMILES string of the molecule is FC1CN(Cc2ccc3ccccc3n2)CC1OCc1nc2ncccc2[nH]1. The molecule has 7 heteroatoms. The molecule has 1 saturated heterocycles. The van der Waals surface area contributed by atoms with E-state index in [4.69, 9.17) is 4.74 Å². The van der Waals surface area contributed by atoms with Gasteiger partial charge >= 0.3 is 0 Å². The zero-order valence-electron chi connectivity index (χ0n) is 15.3. The summed E-state index contributed by atoms with van der Waals surface area (Å²) < 4.78 is 20.3. The van der Waals surface area contributed by atoms with Crippen molar-refractivity contribution in [3.05, 3.63) is 66.2 Å². The number of H-pyrrole nitrogens is 1. The van der Waals surface area contributed by atoms with Crippen LogP contribution in [0.2, 0.25) is 0 Å². The highest BCUT2D eigenvalue weighted by Gasteiger charge is 2.34. The average Bonchev–Trinajstić information content (AvgIpc) is 3.28. The van der Waals surface area contributed by atoms with Gasteiger partial charge < -0.3 is 9.72 Å². The van der Waals surface area contributed by atoms with Crippen LogP contribution in [-0.4, -0.2) is 50.2 Å². The molecule has 6 nitrogen and oxygen atoms in total. The minimum absolute atomic E-state index is 0.240. The molecule has 0 amide bonds. The first-order chi connectivity index (χ1) is 13.7. The Bertz CT molecular complexity index is 1080. The molecular formula is C21H20FN5O. The summed E-state index contributed by atoms with van der Waals surface area (Å²) >= 11 is 0. The number of imidazole rings is 1. The zero-order chi connectivity index (χ0) is 18.9. The molecule has 2 unspecified atom stereocenters. The molecule has 1 aromatic carbocycles. The molecule has 28 heavy (non-hydrogen) atoms. The maximum Gasteiger partial charge on any atom is 0.177 e. The third-order valence-electron chi connectivity index (χ3n) is 5.06. The summed E-state index contributed by atoms with van der Waals surface area (Å²) in [4.78, 5) is 18.5. The van der Waals surface area contributed by atoms with Gasteiger partial charge in [0.15, 0.2) is 5.65 Å². The molecule has 0 saturated carbocycles. The maximum atomic E-state index is 14.5. The van der Waals surface area contributed by atoms with Crippen LogP contribution < -0.4 is 0 Å². The number of rotatable bonds is 5. The summed E-state index contributed by atoms with van der Waals surface area (Å²) in [5.74, 6) is 0.663. The molecule has 1 fully saturated rings. The van der Waals surface area contributed by atoms with E-state index in [9.17, 15) is 4.39 Å². The Morgan fingerprint density at radius 3 is 2.93 bits per heavy atom. The fraction of sp³-hybridized carbons (Fsp3) is 0.286. The number of ether oxygens (including phenoxy) is 1. The van der Waals surface area contributed by atoms with E-state index in [1.807, 2.05) is 47.4 Å². The Kier molecular flexibility index (Phi) is 4.46. The van der Waals surface area contributed by atoms with Crippen LogP contribution in [0.25, 0.3) is 22.1 Å². The van der Waals surface area contributed by atoms with E-state index >= 15 is 0 Å². The number of halogens is 1. The minimum Gasteiger partial charge on any atom is -0.366 e. The molecule has 1 aliphatic rings. The van der Waals surface area contributed by atoms with Gasteiger partial charge in [-0.15, -0.1) is 0 Å². The molecule has 0 bridgehead atoms. The number of fused-ring (bicyclic) bond motifs is 2. The Morgan fingerprint density at radius 1 is 1.07 bits per heavy atom. The standard InChI is InChI=1S/C21H20FN5O/c22-16-11-27(10-15-8-7-14-4-1-2-5-17(14)24-15)12-19(16)28-13-20-25-18-6-3-9-23-21(18)26-20/h1-9,16,19H,10-13H2,(H,23,25,26). The molecule has 0 aliphatic carbocycles. The number of benzene rings is 1. The van der Waals surface area contributed by atoms with E-state index in [0.29, 0.717) is 31.1 Å². The second-order valence-corrected chi connectivity index (χ2v) is 7.11. The Labute approximate surface area is 161 Å². The first-order valence-corrected chi connectivity index (χ1v) is 9.37. The lowest BCUT2D eigenvalue weighted by atomic mass is 10.2. The predicted molar refractivity (Wildman–Crippen MR) is 104 cm³/mol. The fourth-order valence-electron chi connectivity index (χ4n) is 3.67. The number of alkyl halides is 1. The number of aromatic amines is 1. The first kappa shape index (κ1) is 17.2. The number of pyridine rings is 2. The smallest absolute Gasteiger partial charge is 0.177 e. The van der Waals surface area contributed by atoms with Gasteiger partial charge in [-0.05, 0) is 24.3 Å². The van der Waals surface area contributed by atoms with Gasteiger partial charge in [-0.25, -0.2) is 14.4 Å². The van der Waals surface area contributed by atoms with Crippen LogP contribution >= 0.6 is 0 Å². The molecule has 1 N–H and O–H groups in total. The van der Waals surface area contributed by atoms with Crippen LogP contribution in [0.15, 0.2) is 54.7 Å². The monoisotopic (exact) mass is 377 g/mol. The van der Waals surface area contributed by atoms with E-state index in [1.165, 1.54) is 0 Å². The third kappa shape index (κ3) is 3.46. The van der Waals surface area contributed by atoms with Crippen molar-refractivity contribution in [3.8, 4) is 0 Å². The summed E-state index contributed by atoms with van der Waals surface area (Å²) in [5.41, 5.74) is 3.40. The number of likely N-dealkylation sites (tertiary alicyclic amines) is 1. The number of para-hydroxylation sites is 1. The van der Waals surface area contributed by atoms with Crippen molar-refractivity contribution in [3.63, 3.8) is 0 Å². The van der Waals surface area contributed by atoms with Crippen molar-refractivity contribution in [2.75, 3.05) is 13.1 Å². The first-order valence-electron chi connectivity index (χ1n) is 9.37. The molecule has 0 spiro atoms. The van der Waals surface area contributed by atoms with Crippen LogP contribution in [0.1, 0.15) is 11.5 Å². The highest BCUT2D eigenvalue weighted by molar-refractivity contribution is 5.78. The molecule has 4 aromatic rings. The number of nitrogens with zero attached hydrogens (tertiary/aromatic N) is 4. The highest BCUT2D eigenvalue weighted by atomic mass is 19.1. The lowest BCUT2D eigenvalue weighted by molar-refractivity contribution is 0.00861. The van der Waals surface area contributed by atoms with Crippen LogP contribution in [0, 0.1) is 0 Å². The summed E-state index contributed by atoms with van der Waals surface area (Å²) in [5, 5.41) is 1.11. The molecule has 3 aromatic heterocycles. The van der Waals surface area contributed by atoms with Gasteiger partial charge in [0.1, 0.15) is 24.7 Å². The van der Waals surface area contributed by atoms with E-state index in [1.54, 1.807) is 6.20 Å². The van der Waals surface area contributed by atoms with Crippen molar-refractivity contribution in [1.29, 1.82) is 0 Å². The topological polar surface area (TPSA) is 66.9 Å². The fourth-order valence-corrected chi connectivity index (χ4v) is 3.67. The second-order valence-electron chi connectivity index (χ2n) is 7.11. The number of nitrogens with one attached hydrogen (secondary N) is 1. The van der Waals surface area contributed by atoms with Crippen molar-refractivity contribution in [2.45, 2.75) is 25.4 Å². The van der Waals surface area contributed by atoms with Crippen molar-refractivity contribution < 1.29 is 9.13 Å². The van der Waals surface area contributed by atoms with Gasteiger partial charge in [-0.3, -0.25) is 9.88 Å². The Balaban J connectivity index is 1.21. The summed E-state index contributed by atoms with van der Waals surface area (Å²) in [6.45, 7) is 1.73. The average molecular weight is 377 g/mol. The van der Waals surface area contributed by atoms with Crippen molar-refractivity contribution in [2.24, 2.45) is 0 Å². The van der Waals surface area contributed by atoms with Gasteiger partial charge in [0.25, 0.3) is 0 Å². The van der Waals surface area contributed by atoms with Crippen LogP contribution in [0.5, 0.6) is 0 Å². The largest absolute Gasteiger partial charge is 0.366 e. The van der Waals surface area contributed by atoms with E-state index in [2.05, 4.69) is 26.0 Å². The van der Waals surface area contributed by atoms with Crippen LogP contribution in [0.3, 0.4) is 0 Å². The molecule has 2 atom stereocenters. The number of hydrogen-bond donors (Lipinski definition) is 1. The predicted octanol–water partition coefficient (Wildman–Crippen LogP) is 3.25. The number of aromatic nitrogens is 4.